The number of hydrogen-bond acceptors (Lipinski definition) is 5. The predicted molar refractivity (Wildman–Crippen MR) is 84.4 cm³/mol. The van der Waals surface area contributed by atoms with Gasteiger partial charge in [-0.05, 0) is 18.2 Å². The molecule has 3 fully saturated rings. The summed E-state index contributed by atoms with van der Waals surface area (Å²) in [5.41, 5.74) is -2.65. The summed E-state index contributed by atoms with van der Waals surface area (Å²) >= 11 is 0. The number of Topliss-reactive ketones (excluding diaryl/α,β-unsaturated/α-hetero) is 1. The Bertz CT molecular complexity index is 1030. The number of hydrogen-bond donors (Lipinski definition) is 0. The summed E-state index contributed by atoms with van der Waals surface area (Å²) in [6.45, 7) is -0.797. The Morgan fingerprint density at radius 3 is 2.37 bits per heavy atom. The van der Waals surface area contributed by atoms with Crippen molar-refractivity contribution in [2.45, 2.75) is 24.4 Å². The number of anilines is 1. The Balaban J connectivity index is 1.79. The predicted octanol–water partition coefficient (Wildman–Crippen LogP) is 2.02. The number of halogens is 6. The van der Waals surface area contributed by atoms with Crippen LogP contribution in [0.15, 0.2) is 18.2 Å². The van der Waals surface area contributed by atoms with E-state index in [0.29, 0.717) is 11.0 Å². The zero-order chi connectivity index (χ0) is 22.2. The van der Waals surface area contributed by atoms with Gasteiger partial charge in [0.2, 0.25) is 0 Å². The van der Waals surface area contributed by atoms with Gasteiger partial charge in [0.25, 0.3) is 11.7 Å². The Morgan fingerprint density at radius 1 is 1.13 bits per heavy atom. The van der Waals surface area contributed by atoms with Crippen molar-refractivity contribution in [1.82, 2.24) is 4.90 Å². The van der Waals surface area contributed by atoms with Crippen LogP contribution in [0.25, 0.3) is 0 Å². The maximum absolute atomic E-state index is 13.3. The summed E-state index contributed by atoms with van der Waals surface area (Å²) in [4.78, 5) is 39.7. The van der Waals surface area contributed by atoms with E-state index in [4.69, 9.17) is 5.26 Å². The zero-order valence-electron chi connectivity index (χ0n) is 14.8. The van der Waals surface area contributed by atoms with Crippen LogP contribution < -0.4 is 4.90 Å². The first kappa shape index (κ1) is 20.3. The molecule has 0 saturated carbocycles. The molecule has 3 heterocycles. The molecule has 13 heteroatoms. The fourth-order valence-corrected chi connectivity index (χ4v) is 4.47. The van der Waals surface area contributed by atoms with Gasteiger partial charge in [0.05, 0.1) is 36.0 Å². The number of piperazine rings is 1. The van der Waals surface area contributed by atoms with Gasteiger partial charge in [0, 0.05) is 0 Å². The van der Waals surface area contributed by atoms with E-state index in [1.54, 1.807) is 0 Å². The fraction of sp³-hybridized carbons (Fsp3) is 0.412. The minimum atomic E-state index is -5.23. The number of benzene rings is 1. The van der Waals surface area contributed by atoms with E-state index in [1.165, 1.54) is 11.0 Å². The van der Waals surface area contributed by atoms with Gasteiger partial charge in [-0.3, -0.25) is 9.59 Å². The molecule has 3 aliphatic rings. The third-order valence-electron chi connectivity index (χ3n) is 5.73. The number of amides is 3. The first-order valence-electron chi connectivity index (χ1n) is 8.53. The number of quaternary nitrogens is 1. The van der Waals surface area contributed by atoms with Crippen molar-refractivity contribution in [3.8, 4) is 6.07 Å². The summed E-state index contributed by atoms with van der Waals surface area (Å²) in [7, 11) is 0. The number of fused-ring (bicyclic) bond motifs is 1. The van der Waals surface area contributed by atoms with E-state index in [1.807, 2.05) is 0 Å². The highest BCUT2D eigenvalue weighted by Gasteiger charge is 2.75. The summed E-state index contributed by atoms with van der Waals surface area (Å²) in [5, 5.41) is 8.88. The van der Waals surface area contributed by atoms with Crippen LogP contribution in [0.5, 0.6) is 0 Å². The van der Waals surface area contributed by atoms with Gasteiger partial charge in [0.15, 0.2) is 12.1 Å². The Morgan fingerprint density at radius 2 is 1.80 bits per heavy atom. The maximum atomic E-state index is 13.3. The molecule has 7 nitrogen and oxygen atoms in total. The van der Waals surface area contributed by atoms with Gasteiger partial charge in [-0.1, -0.05) is 0 Å². The maximum Gasteiger partial charge on any atom is 0.456 e. The zero-order valence-corrected chi connectivity index (χ0v) is 14.8. The van der Waals surface area contributed by atoms with E-state index >= 15 is 0 Å². The van der Waals surface area contributed by atoms with Crippen LogP contribution in [0.1, 0.15) is 11.1 Å². The summed E-state index contributed by atoms with van der Waals surface area (Å²) in [6.07, 6.45) is -10.2. The molecule has 0 N–H and O–H groups in total. The highest BCUT2D eigenvalue weighted by Crippen LogP contribution is 2.45. The summed E-state index contributed by atoms with van der Waals surface area (Å²) in [6, 6.07) is -0.877. The lowest BCUT2D eigenvalue weighted by molar-refractivity contribution is -0.853. The number of rotatable bonds is 2. The average Bonchev–Trinajstić information content (AvgIpc) is 3.28. The number of ketones is 1. The molecule has 1 aromatic rings. The van der Waals surface area contributed by atoms with E-state index in [9.17, 15) is 40.7 Å². The number of carbonyl (C=O) groups is 3. The standard InChI is InChI=1S/C17H11F6N4O3/c18-16(19,20)10-3-9(2-1-8(10)4-24)26-14(29)12-6-25-5-11(13(28)17(21,22)23)27(12,7-25)15(26)30/h1-3,11-12H,5-7H2/q+1. The minimum Gasteiger partial charge on any atom is -0.283 e. The molecule has 158 valence electrons. The largest absolute Gasteiger partial charge is 0.456 e. The second kappa shape index (κ2) is 6.02. The monoisotopic (exact) mass is 433 g/mol. The second-order valence-electron chi connectivity index (χ2n) is 7.30. The van der Waals surface area contributed by atoms with Gasteiger partial charge in [-0.25, -0.2) is 14.2 Å². The van der Waals surface area contributed by atoms with Gasteiger partial charge < -0.3 is 0 Å². The number of nitrogens with zero attached hydrogens (tertiary/aromatic N) is 4. The Labute approximate surface area is 164 Å². The number of imide groups is 1. The minimum absolute atomic E-state index is 0.0921. The van der Waals surface area contributed by atoms with E-state index < -0.39 is 63.5 Å². The Kier molecular flexibility index (Phi) is 4.07. The summed E-state index contributed by atoms with van der Waals surface area (Å²) in [5.74, 6) is -3.14. The quantitative estimate of drug-likeness (QED) is 0.405. The number of urea groups is 1. The second-order valence-corrected chi connectivity index (χ2v) is 7.30. The smallest absolute Gasteiger partial charge is 0.283 e. The van der Waals surface area contributed by atoms with Crippen LogP contribution in [0.3, 0.4) is 0 Å². The normalized spacial score (nSPS) is 30.6. The van der Waals surface area contributed by atoms with Crippen molar-refractivity contribution in [2.24, 2.45) is 0 Å². The lowest BCUT2D eigenvalue weighted by Gasteiger charge is -2.33. The molecule has 0 aromatic heterocycles. The van der Waals surface area contributed by atoms with Crippen molar-refractivity contribution in [1.29, 1.82) is 5.26 Å². The molecule has 0 aliphatic carbocycles. The topological polar surface area (TPSA) is 81.5 Å². The molecular formula is C17H11F6N4O3+. The van der Waals surface area contributed by atoms with Gasteiger partial charge in [-0.15, -0.1) is 0 Å². The molecule has 30 heavy (non-hydrogen) atoms. The highest BCUT2D eigenvalue weighted by molar-refractivity contribution is 6.19. The van der Waals surface area contributed by atoms with Gasteiger partial charge >= 0.3 is 18.4 Å². The Hall–Kier alpha value is -2.98. The van der Waals surface area contributed by atoms with Crippen molar-refractivity contribution in [3.05, 3.63) is 29.3 Å². The molecule has 4 rings (SSSR count). The van der Waals surface area contributed by atoms with Crippen molar-refractivity contribution in [2.75, 3.05) is 24.7 Å². The third kappa shape index (κ3) is 2.56. The van der Waals surface area contributed by atoms with Crippen molar-refractivity contribution in [3.63, 3.8) is 0 Å². The van der Waals surface area contributed by atoms with Crippen LogP contribution in [0.2, 0.25) is 0 Å². The number of nitriles is 1. The molecule has 3 saturated heterocycles. The molecular weight excluding hydrogens is 422 g/mol. The first-order chi connectivity index (χ1) is 13.8. The van der Waals surface area contributed by atoms with Crippen LogP contribution in [0.4, 0.5) is 36.8 Å². The lowest BCUT2D eigenvalue weighted by atomic mass is 10.0. The van der Waals surface area contributed by atoms with Gasteiger partial charge in [-0.2, -0.15) is 36.5 Å². The molecule has 2 bridgehead atoms. The fourth-order valence-electron chi connectivity index (χ4n) is 4.47. The van der Waals surface area contributed by atoms with Crippen LogP contribution in [-0.2, 0) is 15.8 Å². The SMILES string of the molecule is N#Cc1ccc(N2C(=O)C3CN4CC(C(=O)C(F)(F)F)[N+]3(C4)C2=O)cc1C(F)(F)F. The van der Waals surface area contributed by atoms with Crippen LogP contribution >= 0.6 is 0 Å². The molecule has 4 unspecified atom stereocenters. The van der Waals surface area contributed by atoms with Crippen LogP contribution in [-0.4, -0.2) is 65.1 Å². The van der Waals surface area contributed by atoms with Crippen molar-refractivity contribution >= 4 is 23.4 Å². The molecule has 3 amide bonds. The third-order valence-corrected chi connectivity index (χ3v) is 5.73. The molecule has 3 aliphatic heterocycles. The molecule has 4 atom stereocenters. The molecule has 1 aromatic carbocycles. The average molecular weight is 433 g/mol. The van der Waals surface area contributed by atoms with Gasteiger partial charge in [0.1, 0.15) is 6.67 Å². The number of alkyl halides is 6. The van der Waals surface area contributed by atoms with Crippen molar-refractivity contribution < 1.29 is 45.2 Å². The molecule has 0 radical (unpaired) electrons. The van der Waals surface area contributed by atoms with E-state index in [0.717, 1.165) is 12.1 Å². The van der Waals surface area contributed by atoms with Crippen LogP contribution in [0, 0.1) is 11.3 Å². The lowest BCUT2D eigenvalue weighted by Crippen LogP contribution is -2.64. The van der Waals surface area contributed by atoms with E-state index in [2.05, 4.69) is 0 Å². The summed E-state index contributed by atoms with van der Waals surface area (Å²) < 4.78 is 77.8. The van der Waals surface area contributed by atoms with E-state index in [-0.39, 0.29) is 19.8 Å². The molecule has 1 spiro atoms. The number of carbonyl (C=O) groups excluding carboxylic acids is 3. The first-order valence-corrected chi connectivity index (χ1v) is 8.53. The highest BCUT2D eigenvalue weighted by atomic mass is 19.4.